The average molecular weight is 532 g/mol. The van der Waals surface area contributed by atoms with Crippen molar-refractivity contribution in [1.29, 1.82) is 0 Å². The van der Waals surface area contributed by atoms with Crippen molar-refractivity contribution >= 4 is 62.2 Å². The number of thioether (sulfide) groups is 1. The number of carbonyl (C=O) groups excluding carboxylic acids is 1. The summed E-state index contributed by atoms with van der Waals surface area (Å²) in [4.78, 5) is 32.4. The van der Waals surface area contributed by atoms with E-state index < -0.39 is 12.6 Å². The third kappa shape index (κ3) is 5.76. The molecule has 2 fully saturated rings. The van der Waals surface area contributed by atoms with Crippen molar-refractivity contribution in [2.75, 3.05) is 44.9 Å². The molecule has 2 aliphatic heterocycles. The van der Waals surface area contributed by atoms with Crippen LogP contribution in [0.2, 0.25) is 0 Å². The topological polar surface area (TPSA) is 91.7 Å². The van der Waals surface area contributed by atoms with Crippen LogP contribution in [0.1, 0.15) is 5.56 Å². The van der Waals surface area contributed by atoms with E-state index in [4.69, 9.17) is 14.6 Å². The highest BCUT2D eigenvalue weighted by molar-refractivity contribution is 9.10. The second-order valence-electron chi connectivity index (χ2n) is 7.36. The van der Waals surface area contributed by atoms with Gasteiger partial charge in [-0.2, -0.15) is 0 Å². The number of morpholine rings is 1. The quantitative estimate of drug-likeness (QED) is 0.563. The van der Waals surface area contributed by atoms with Crippen LogP contribution in [-0.2, 0) is 14.3 Å². The van der Waals surface area contributed by atoms with E-state index in [0.29, 0.717) is 20.3 Å². The van der Waals surface area contributed by atoms with E-state index in [9.17, 15) is 9.59 Å². The van der Waals surface area contributed by atoms with Gasteiger partial charge in [0, 0.05) is 25.8 Å². The molecule has 0 spiro atoms. The first-order valence-electron chi connectivity index (χ1n) is 10.2. The summed E-state index contributed by atoms with van der Waals surface area (Å²) in [6.45, 7) is 2.79. The van der Waals surface area contributed by atoms with Crippen molar-refractivity contribution in [2.45, 2.75) is 0 Å². The van der Waals surface area contributed by atoms with Gasteiger partial charge < -0.3 is 19.5 Å². The van der Waals surface area contributed by atoms with Crippen LogP contribution < -0.4 is 9.64 Å². The lowest BCUT2D eigenvalue weighted by Gasteiger charge is -2.28. The van der Waals surface area contributed by atoms with E-state index in [-0.39, 0.29) is 5.91 Å². The zero-order valence-corrected chi connectivity index (χ0v) is 20.3. The fourth-order valence-corrected chi connectivity index (χ4v) is 4.83. The molecular weight excluding hydrogens is 510 g/mol. The fourth-order valence-electron chi connectivity index (χ4n) is 3.34. The van der Waals surface area contributed by atoms with Crippen molar-refractivity contribution in [1.82, 2.24) is 4.90 Å². The van der Waals surface area contributed by atoms with Crippen LogP contribution in [0, 0.1) is 0 Å². The largest absolute Gasteiger partial charge is 0.481 e. The monoisotopic (exact) mass is 531 g/mol. The number of amidine groups is 1. The molecule has 2 aromatic rings. The van der Waals surface area contributed by atoms with E-state index in [2.05, 4.69) is 25.8 Å². The summed E-state index contributed by atoms with van der Waals surface area (Å²) < 4.78 is 11.2. The van der Waals surface area contributed by atoms with Crippen molar-refractivity contribution < 1.29 is 24.2 Å². The predicted molar refractivity (Wildman–Crippen MR) is 132 cm³/mol. The summed E-state index contributed by atoms with van der Waals surface area (Å²) in [5, 5.41) is 9.36. The Morgan fingerprint density at radius 1 is 1.24 bits per heavy atom. The van der Waals surface area contributed by atoms with Crippen molar-refractivity contribution in [3.63, 3.8) is 0 Å². The molecule has 2 heterocycles. The van der Waals surface area contributed by atoms with Gasteiger partial charge in [-0.15, -0.1) is 0 Å². The molecular formula is C23H22BrN3O5S. The molecule has 8 nitrogen and oxygen atoms in total. The van der Waals surface area contributed by atoms with Gasteiger partial charge in [0.1, 0.15) is 5.75 Å². The first-order valence-corrected chi connectivity index (χ1v) is 11.8. The van der Waals surface area contributed by atoms with Gasteiger partial charge in [0.05, 0.1) is 28.3 Å². The Bertz CT molecular complexity index is 1110. The molecule has 2 saturated heterocycles. The molecule has 172 valence electrons. The fraction of sp³-hybridized carbons (Fsp3) is 0.261. The van der Waals surface area contributed by atoms with Crippen LogP contribution in [0.15, 0.2) is 56.8 Å². The number of anilines is 1. The molecule has 0 radical (unpaired) electrons. The number of aliphatic carboxylic acids is 1. The number of carboxylic acids is 1. The summed E-state index contributed by atoms with van der Waals surface area (Å²) in [5.74, 6) is -0.762. The number of carbonyl (C=O) groups is 2. The Balaban J connectivity index is 1.47. The van der Waals surface area contributed by atoms with Gasteiger partial charge >= 0.3 is 5.97 Å². The van der Waals surface area contributed by atoms with Crippen LogP contribution in [0.3, 0.4) is 0 Å². The highest BCUT2D eigenvalue weighted by atomic mass is 79.9. The molecule has 4 rings (SSSR count). The third-order valence-electron chi connectivity index (χ3n) is 5.06. The zero-order chi connectivity index (χ0) is 23.4. The summed E-state index contributed by atoms with van der Waals surface area (Å²) in [5.41, 5.74) is 2.69. The van der Waals surface area contributed by atoms with E-state index in [1.807, 2.05) is 24.3 Å². The molecule has 0 atom stereocenters. The van der Waals surface area contributed by atoms with Gasteiger partial charge in [0.15, 0.2) is 11.8 Å². The highest BCUT2D eigenvalue weighted by Gasteiger charge is 2.30. The van der Waals surface area contributed by atoms with Gasteiger partial charge in [-0.05, 0) is 75.7 Å². The van der Waals surface area contributed by atoms with Crippen LogP contribution in [0.4, 0.5) is 11.4 Å². The van der Waals surface area contributed by atoms with Crippen LogP contribution in [0.5, 0.6) is 5.75 Å². The Morgan fingerprint density at radius 3 is 2.64 bits per heavy atom. The zero-order valence-electron chi connectivity index (χ0n) is 17.9. The van der Waals surface area contributed by atoms with Gasteiger partial charge in [-0.3, -0.25) is 9.69 Å². The lowest BCUT2D eigenvalue weighted by atomic mass is 10.2. The molecule has 0 bridgehead atoms. The molecule has 0 aliphatic carbocycles. The van der Waals surface area contributed by atoms with E-state index in [1.54, 1.807) is 31.3 Å². The Hall–Kier alpha value is -2.82. The van der Waals surface area contributed by atoms with Gasteiger partial charge in [0.25, 0.3) is 5.91 Å². The minimum atomic E-state index is -1.05. The molecule has 0 saturated carbocycles. The van der Waals surface area contributed by atoms with Crippen LogP contribution in [-0.4, -0.2) is 67.0 Å². The minimum absolute atomic E-state index is 0.133. The summed E-state index contributed by atoms with van der Waals surface area (Å²) in [6.07, 6.45) is 1.78. The lowest BCUT2D eigenvalue weighted by molar-refractivity contribution is -0.139. The number of aliphatic imine (C=N–C) groups is 1. The number of ether oxygens (including phenoxy) is 2. The average Bonchev–Trinajstić information content (AvgIpc) is 3.07. The van der Waals surface area contributed by atoms with Crippen LogP contribution in [0.25, 0.3) is 6.08 Å². The number of carboxylic acid groups (broad SMARTS) is 1. The molecule has 10 heteroatoms. The SMILES string of the molecule is CN1C(=O)/C(=C/c2ccc(OCC(=O)O)c(Br)c2)SC1=Nc1ccc(N2CCOCC2)cc1. The minimum Gasteiger partial charge on any atom is -0.481 e. The number of halogens is 1. The molecule has 0 aromatic heterocycles. The van der Waals surface area contributed by atoms with Crippen LogP contribution >= 0.6 is 27.7 Å². The second kappa shape index (κ2) is 10.4. The summed E-state index contributed by atoms with van der Waals surface area (Å²) in [7, 11) is 1.70. The maximum absolute atomic E-state index is 12.7. The third-order valence-corrected chi connectivity index (χ3v) is 6.74. The number of hydrogen-bond acceptors (Lipinski definition) is 7. The first-order chi connectivity index (χ1) is 15.9. The molecule has 1 amide bonds. The number of amides is 1. The standard InChI is InChI=1S/C23H22BrN3O5S/c1-26-22(30)20(13-15-2-7-19(18(24)12-15)32-14-21(28)29)33-23(26)25-16-3-5-17(6-4-16)27-8-10-31-11-9-27/h2-7,12-13H,8-11,14H2,1H3,(H,28,29)/b20-13-,25-23?. The summed E-state index contributed by atoms with van der Waals surface area (Å²) >= 11 is 4.69. The first kappa shape index (κ1) is 23.3. The number of rotatable bonds is 6. The maximum atomic E-state index is 12.7. The van der Waals surface area contributed by atoms with Crippen molar-refractivity contribution in [3.8, 4) is 5.75 Å². The molecule has 33 heavy (non-hydrogen) atoms. The smallest absolute Gasteiger partial charge is 0.341 e. The normalized spacial score (nSPS) is 18.9. The Labute approximate surface area is 204 Å². The number of likely N-dealkylation sites (N-methyl/N-ethyl adjacent to an activating group) is 1. The predicted octanol–water partition coefficient (Wildman–Crippen LogP) is 3.98. The maximum Gasteiger partial charge on any atom is 0.341 e. The Kier molecular flexibility index (Phi) is 7.36. The second-order valence-corrected chi connectivity index (χ2v) is 9.22. The number of hydrogen-bond donors (Lipinski definition) is 1. The van der Waals surface area contributed by atoms with Crippen molar-refractivity contribution in [2.24, 2.45) is 4.99 Å². The van der Waals surface area contributed by atoms with Gasteiger partial charge in [-0.1, -0.05) is 6.07 Å². The summed E-state index contributed by atoms with van der Waals surface area (Å²) in [6, 6.07) is 13.2. The Morgan fingerprint density at radius 2 is 1.97 bits per heavy atom. The number of nitrogens with zero attached hydrogens (tertiary/aromatic N) is 3. The molecule has 2 aliphatic rings. The molecule has 2 aromatic carbocycles. The van der Waals surface area contributed by atoms with Gasteiger partial charge in [-0.25, -0.2) is 9.79 Å². The number of benzene rings is 2. The lowest BCUT2D eigenvalue weighted by Crippen LogP contribution is -2.36. The van der Waals surface area contributed by atoms with E-state index in [1.165, 1.54) is 16.7 Å². The van der Waals surface area contributed by atoms with Gasteiger partial charge in [0.2, 0.25) is 0 Å². The molecule has 0 unspecified atom stereocenters. The van der Waals surface area contributed by atoms with E-state index >= 15 is 0 Å². The molecule has 1 N–H and O–H groups in total. The van der Waals surface area contributed by atoms with Crippen molar-refractivity contribution in [3.05, 3.63) is 57.4 Å². The van der Waals surface area contributed by atoms with E-state index in [0.717, 1.165) is 43.2 Å². The highest BCUT2D eigenvalue weighted by Crippen LogP contribution is 2.35.